The van der Waals surface area contributed by atoms with Crippen molar-refractivity contribution in [1.29, 1.82) is 0 Å². The Hall–Kier alpha value is -2.03. The standard InChI is InChI=1S/C17H12Cl2N2/c18-13-3-7-15(8-4-13)20-12-17-2-1-11-21(17)16-9-5-14(19)6-10-16/h1-12H. The van der Waals surface area contributed by atoms with E-state index < -0.39 is 0 Å². The van der Waals surface area contributed by atoms with Crippen LogP contribution < -0.4 is 0 Å². The fourth-order valence-electron chi connectivity index (χ4n) is 2.00. The highest BCUT2D eigenvalue weighted by Crippen LogP contribution is 2.18. The smallest absolute Gasteiger partial charge is 0.0639 e. The highest BCUT2D eigenvalue weighted by molar-refractivity contribution is 6.30. The number of nitrogens with zero attached hydrogens (tertiary/aromatic N) is 2. The SMILES string of the molecule is Clc1ccc(N=Cc2cccn2-c2ccc(Cl)cc2)cc1. The molecular weight excluding hydrogens is 303 g/mol. The Labute approximate surface area is 133 Å². The molecule has 0 aliphatic heterocycles. The lowest BCUT2D eigenvalue weighted by Crippen LogP contribution is -1.97. The van der Waals surface area contributed by atoms with E-state index in [2.05, 4.69) is 9.56 Å². The summed E-state index contributed by atoms with van der Waals surface area (Å²) in [6, 6.07) is 19.1. The van der Waals surface area contributed by atoms with Gasteiger partial charge in [-0.15, -0.1) is 0 Å². The first kappa shape index (κ1) is 13.9. The predicted octanol–water partition coefficient (Wildman–Crippen LogP) is 5.53. The van der Waals surface area contributed by atoms with Crippen LogP contribution in [0.3, 0.4) is 0 Å². The van der Waals surface area contributed by atoms with Gasteiger partial charge in [0, 0.05) is 21.9 Å². The third-order valence-electron chi connectivity index (χ3n) is 3.06. The Kier molecular flexibility index (Phi) is 4.09. The maximum Gasteiger partial charge on any atom is 0.0639 e. The zero-order valence-corrected chi connectivity index (χ0v) is 12.6. The molecular formula is C17H12Cl2N2. The van der Waals surface area contributed by atoms with Crippen LogP contribution in [-0.4, -0.2) is 10.8 Å². The number of aliphatic imine (C=N–C) groups is 1. The minimum atomic E-state index is 0.707. The van der Waals surface area contributed by atoms with Crippen LogP contribution in [0.15, 0.2) is 71.9 Å². The van der Waals surface area contributed by atoms with Gasteiger partial charge >= 0.3 is 0 Å². The second kappa shape index (κ2) is 6.17. The Morgan fingerprint density at radius 2 is 1.43 bits per heavy atom. The van der Waals surface area contributed by atoms with E-state index in [-0.39, 0.29) is 0 Å². The van der Waals surface area contributed by atoms with Gasteiger partial charge in [-0.1, -0.05) is 23.2 Å². The molecule has 0 N–H and O–H groups in total. The van der Waals surface area contributed by atoms with Crippen molar-refractivity contribution in [2.24, 2.45) is 4.99 Å². The van der Waals surface area contributed by atoms with Crippen LogP contribution in [0.2, 0.25) is 10.0 Å². The van der Waals surface area contributed by atoms with Crippen LogP contribution in [0.5, 0.6) is 0 Å². The molecule has 104 valence electrons. The van der Waals surface area contributed by atoms with Crippen molar-refractivity contribution in [1.82, 2.24) is 4.57 Å². The second-order valence-corrected chi connectivity index (χ2v) is 5.39. The minimum absolute atomic E-state index is 0.707. The zero-order chi connectivity index (χ0) is 14.7. The predicted molar refractivity (Wildman–Crippen MR) is 89.5 cm³/mol. The van der Waals surface area contributed by atoms with Gasteiger partial charge in [-0.05, 0) is 60.7 Å². The number of aromatic nitrogens is 1. The van der Waals surface area contributed by atoms with E-state index in [0.29, 0.717) is 5.02 Å². The van der Waals surface area contributed by atoms with E-state index in [0.717, 1.165) is 22.1 Å². The van der Waals surface area contributed by atoms with Gasteiger partial charge < -0.3 is 4.57 Å². The van der Waals surface area contributed by atoms with E-state index in [1.165, 1.54) is 0 Å². The molecule has 0 saturated carbocycles. The van der Waals surface area contributed by atoms with E-state index in [1.54, 1.807) is 0 Å². The van der Waals surface area contributed by atoms with Crippen LogP contribution in [0.4, 0.5) is 5.69 Å². The third-order valence-corrected chi connectivity index (χ3v) is 3.56. The quantitative estimate of drug-likeness (QED) is 0.565. The summed E-state index contributed by atoms with van der Waals surface area (Å²) in [6.07, 6.45) is 3.82. The van der Waals surface area contributed by atoms with Crippen molar-refractivity contribution in [3.63, 3.8) is 0 Å². The van der Waals surface area contributed by atoms with Gasteiger partial charge in [0.2, 0.25) is 0 Å². The summed E-state index contributed by atoms with van der Waals surface area (Å²) >= 11 is 11.8. The Morgan fingerprint density at radius 1 is 0.810 bits per heavy atom. The largest absolute Gasteiger partial charge is 0.316 e. The number of hydrogen-bond acceptors (Lipinski definition) is 1. The number of hydrogen-bond donors (Lipinski definition) is 0. The fraction of sp³-hybridized carbons (Fsp3) is 0. The van der Waals surface area contributed by atoms with Crippen molar-refractivity contribution in [3.05, 3.63) is 82.6 Å². The lowest BCUT2D eigenvalue weighted by Gasteiger charge is -2.06. The topological polar surface area (TPSA) is 17.3 Å². The molecule has 0 saturated heterocycles. The highest BCUT2D eigenvalue weighted by Gasteiger charge is 2.01. The first-order valence-electron chi connectivity index (χ1n) is 6.45. The average Bonchev–Trinajstić information content (AvgIpc) is 2.96. The van der Waals surface area contributed by atoms with Crippen molar-refractivity contribution in [2.45, 2.75) is 0 Å². The maximum absolute atomic E-state index is 5.92. The lowest BCUT2D eigenvalue weighted by atomic mass is 10.3. The second-order valence-electron chi connectivity index (χ2n) is 4.51. The molecule has 1 heterocycles. The van der Waals surface area contributed by atoms with E-state index in [9.17, 15) is 0 Å². The minimum Gasteiger partial charge on any atom is -0.316 e. The van der Waals surface area contributed by atoms with Gasteiger partial charge in [-0.2, -0.15) is 0 Å². The maximum atomic E-state index is 5.92. The summed E-state index contributed by atoms with van der Waals surface area (Å²) in [5.41, 5.74) is 2.90. The first-order valence-corrected chi connectivity index (χ1v) is 7.21. The summed E-state index contributed by atoms with van der Waals surface area (Å²) in [4.78, 5) is 4.46. The normalized spacial score (nSPS) is 11.1. The zero-order valence-electron chi connectivity index (χ0n) is 11.1. The van der Waals surface area contributed by atoms with Crippen molar-refractivity contribution >= 4 is 35.1 Å². The third kappa shape index (κ3) is 3.35. The number of halogens is 2. The van der Waals surface area contributed by atoms with Gasteiger partial charge in [-0.25, -0.2) is 0 Å². The molecule has 21 heavy (non-hydrogen) atoms. The summed E-state index contributed by atoms with van der Waals surface area (Å²) in [5.74, 6) is 0. The summed E-state index contributed by atoms with van der Waals surface area (Å²) in [7, 11) is 0. The molecule has 0 amide bonds. The monoisotopic (exact) mass is 314 g/mol. The molecule has 2 aromatic carbocycles. The number of rotatable bonds is 3. The van der Waals surface area contributed by atoms with Gasteiger partial charge in [0.15, 0.2) is 0 Å². The van der Waals surface area contributed by atoms with Crippen molar-refractivity contribution in [2.75, 3.05) is 0 Å². The van der Waals surface area contributed by atoms with Gasteiger partial charge in [0.1, 0.15) is 0 Å². The van der Waals surface area contributed by atoms with Crippen molar-refractivity contribution in [3.8, 4) is 5.69 Å². The summed E-state index contributed by atoms with van der Waals surface area (Å²) in [5, 5.41) is 1.43. The van der Waals surface area contributed by atoms with E-state index >= 15 is 0 Å². The summed E-state index contributed by atoms with van der Waals surface area (Å²) < 4.78 is 2.05. The molecule has 0 bridgehead atoms. The van der Waals surface area contributed by atoms with Gasteiger partial charge in [-0.3, -0.25) is 4.99 Å². The number of benzene rings is 2. The van der Waals surface area contributed by atoms with Gasteiger partial charge in [0.25, 0.3) is 0 Å². The molecule has 4 heteroatoms. The molecule has 0 spiro atoms. The molecule has 0 fully saturated rings. The van der Waals surface area contributed by atoms with E-state index in [1.807, 2.05) is 73.1 Å². The lowest BCUT2D eigenvalue weighted by molar-refractivity contribution is 1.07. The average molecular weight is 315 g/mol. The Bertz CT molecular complexity index is 756. The van der Waals surface area contributed by atoms with Crippen LogP contribution >= 0.6 is 23.2 Å². The Morgan fingerprint density at radius 3 is 2.10 bits per heavy atom. The van der Waals surface area contributed by atoms with Crippen LogP contribution in [-0.2, 0) is 0 Å². The molecule has 0 aliphatic rings. The van der Waals surface area contributed by atoms with E-state index in [4.69, 9.17) is 23.2 Å². The van der Waals surface area contributed by atoms with Gasteiger partial charge in [0.05, 0.1) is 17.6 Å². The Balaban J connectivity index is 1.88. The molecule has 0 radical (unpaired) electrons. The summed E-state index contributed by atoms with van der Waals surface area (Å²) in [6.45, 7) is 0. The first-order chi connectivity index (χ1) is 10.2. The van der Waals surface area contributed by atoms with Crippen LogP contribution in [0.25, 0.3) is 5.69 Å². The highest BCUT2D eigenvalue weighted by atomic mass is 35.5. The molecule has 3 aromatic rings. The molecule has 1 aromatic heterocycles. The molecule has 0 unspecified atom stereocenters. The fourth-order valence-corrected chi connectivity index (χ4v) is 2.26. The van der Waals surface area contributed by atoms with Crippen molar-refractivity contribution < 1.29 is 0 Å². The molecule has 0 atom stereocenters. The van der Waals surface area contributed by atoms with Crippen LogP contribution in [0.1, 0.15) is 5.69 Å². The molecule has 2 nitrogen and oxygen atoms in total. The molecule has 3 rings (SSSR count). The van der Waals surface area contributed by atoms with Crippen LogP contribution in [0, 0.1) is 0 Å². The molecule has 0 aliphatic carbocycles.